The number of halogens is 1. The van der Waals surface area contributed by atoms with Gasteiger partial charge in [0.2, 0.25) is 0 Å². The van der Waals surface area contributed by atoms with Crippen molar-refractivity contribution in [3.8, 4) is 0 Å². The van der Waals surface area contributed by atoms with Gasteiger partial charge in [-0.1, -0.05) is 24.3 Å². The molecule has 1 unspecified atom stereocenters. The fourth-order valence-corrected chi connectivity index (χ4v) is 3.41. The van der Waals surface area contributed by atoms with Gasteiger partial charge in [0.15, 0.2) is 0 Å². The van der Waals surface area contributed by atoms with Gasteiger partial charge in [0, 0.05) is 23.9 Å². The van der Waals surface area contributed by atoms with Gasteiger partial charge in [-0.05, 0) is 53.4 Å². The van der Waals surface area contributed by atoms with E-state index in [2.05, 4.69) is 27.0 Å². The summed E-state index contributed by atoms with van der Waals surface area (Å²) in [5, 5.41) is 0. The summed E-state index contributed by atoms with van der Waals surface area (Å²) in [5.41, 5.74) is 1.85. The van der Waals surface area contributed by atoms with Crippen LogP contribution in [0.1, 0.15) is 41.2 Å². The number of likely N-dealkylation sites (tertiary alicyclic amines) is 1. The highest BCUT2D eigenvalue weighted by Crippen LogP contribution is 2.34. The van der Waals surface area contributed by atoms with Crippen LogP contribution in [-0.4, -0.2) is 22.3 Å². The molecule has 4 heteroatoms. The van der Waals surface area contributed by atoms with Crippen molar-refractivity contribution < 1.29 is 4.79 Å². The predicted octanol–water partition coefficient (Wildman–Crippen LogP) is 4.21. The van der Waals surface area contributed by atoms with Crippen LogP contribution >= 0.6 is 15.9 Å². The molecule has 2 aromatic rings. The SMILES string of the molecule is O=C(c1ccccc1)N1CCCCC1c1cccnc1Br. The zero-order valence-corrected chi connectivity index (χ0v) is 13.3. The lowest BCUT2D eigenvalue weighted by Crippen LogP contribution is -2.38. The first-order valence-corrected chi connectivity index (χ1v) is 8.03. The minimum atomic E-state index is 0.106. The van der Waals surface area contributed by atoms with Gasteiger partial charge in [-0.15, -0.1) is 0 Å². The summed E-state index contributed by atoms with van der Waals surface area (Å²) in [7, 11) is 0. The topological polar surface area (TPSA) is 33.2 Å². The first kappa shape index (κ1) is 14.3. The molecule has 0 spiro atoms. The van der Waals surface area contributed by atoms with Gasteiger partial charge in [0.25, 0.3) is 5.91 Å². The van der Waals surface area contributed by atoms with E-state index in [1.54, 1.807) is 6.20 Å². The quantitative estimate of drug-likeness (QED) is 0.764. The number of hydrogen-bond acceptors (Lipinski definition) is 2. The van der Waals surface area contributed by atoms with E-state index in [9.17, 15) is 4.79 Å². The molecule has 1 fully saturated rings. The molecule has 0 saturated carbocycles. The van der Waals surface area contributed by atoms with Crippen LogP contribution in [0.15, 0.2) is 53.3 Å². The van der Waals surface area contributed by atoms with E-state index >= 15 is 0 Å². The summed E-state index contributed by atoms with van der Waals surface area (Å²) in [5.74, 6) is 0.107. The number of piperidine rings is 1. The molecule has 1 aromatic carbocycles. The van der Waals surface area contributed by atoms with Gasteiger partial charge in [-0.25, -0.2) is 4.98 Å². The summed E-state index contributed by atoms with van der Waals surface area (Å²) in [6.07, 6.45) is 4.96. The number of rotatable bonds is 2. The van der Waals surface area contributed by atoms with Crippen molar-refractivity contribution in [3.05, 3.63) is 64.4 Å². The summed E-state index contributed by atoms with van der Waals surface area (Å²) >= 11 is 3.52. The van der Waals surface area contributed by atoms with E-state index in [1.165, 1.54) is 0 Å². The normalized spacial score (nSPS) is 18.5. The third-order valence-electron chi connectivity index (χ3n) is 3.93. The fourth-order valence-electron chi connectivity index (χ4n) is 2.89. The van der Waals surface area contributed by atoms with Gasteiger partial charge in [-0.2, -0.15) is 0 Å². The molecule has 108 valence electrons. The van der Waals surface area contributed by atoms with Gasteiger partial charge < -0.3 is 4.90 Å². The van der Waals surface area contributed by atoms with Gasteiger partial charge in [0.1, 0.15) is 4.60 Å². The Labute approximate surface area is 133 Å². The number of aromatic nitrogens is 1. The van der Waals surface area contributed by atoms with Gasteiger partial charge in [-0.3, -0.25) is 4.79 Å². The van der Waals surface area contributed by atoms with Gasteiger partial charge >= 0.3 is 0 Å². The predicted molar refractivity (Wildman–Crippen MR) is 86.0 cm³/mol. The van der Waals surface area contributed by atoms with Crippen LogP contribution < -0.4 is 0 Å². The molecule has 0 aliphatic carbocycles. The Morgan fingerprint density at radius 1 is 1.14 bits per heavy atom. The second-order valence-electron chi connectivity index (χ2n) is 5.26. The number of carbonyl (C=O) groups is 1. The molecule has 0 bridgehead atoms. The first-order valence-electron chi connectivity index (χ1n) is 7.24. The Bertz CT molecular complexity index is 630. The van der Waals surface area contributed by atoms with Crippen LogP contribution in [0.3, 0.4) is 0 Å². The highest BCUT2D eigenvalue weighted by molar-refractivity contribution is 9.10. The maximum atomic E-state index is 12.8. The molecule has 1 aliphatic heterocycles. The van der Waals surface area contributed by atoms with E-state index in [1.807, 2.05) is 41.3 Å². The molecule has 0 radical (unpaired) electrons. The van der Waals surface area contributed by atoms with Gasteiger partial charge in [0.05, 0.1) is 6.04 Å². The van der Waals surface area contributed by atoms with E-state index < -0.39 is 0 Å². The van der Waals surface area contributed by atoms with Crippen LogP contribution in [0.4, 0.5) is 0 Å². The standard InChI is InChI=1S/C17H17BrN2O/c18-16-14(9-6-11-19-16)15-10-4-5-12-20(15)17(21)13-7-2-1-3-8-13/h1-3,6-9,11,15H,4-5,10,12H2. The lowest BCUT2D eigenvalue weighted by molar-refractivity contribution is 0.0610. The zero-order valence-electron chi connectivity index (χ0n) is 11.7. The molecule has 1 amide bonds. The van der Waals surface area contributed by atoms with Crippen molar-refractivity contribution in [2.24, 2.45) is 0 Å². The summed E-state index contributed by atoms with van der Waals surface area (Å²) in [4.78, 5) is 19.1. The second kappa shape index (κ2) is 6.39. The molecule has 21 heavy (non-hydrogen) atoms. The summed E-state index contributed by atoms with van der Waals surface area (Å²) < 4.78 is 0.836. The van der Waals surface area contributed by atoms with Crippen LogP contribution in [0, 0.1) is 0 Å². The number of hydrogen-bond donors (Lipinski definition) is 0. The maximum absolute atomic E-state index is 12.8. The third kappa shape index (κ3) is 3.00. The molecule has 1 aliphatic rings. The monoisotopic (exact) mass is 344 g/mol. The molecular formula is C17H17BrN2O. The van der Waals surface area contributed by atoms with Crippen molar-refractivity contribution in [1.29, 1.82) is 0 Å². The molecule has 0 N–H and O–H groups in total. The minimum absolute atomic E-state index is 0.106. The number of carbonyl (C=O) groups excluding carboxylic acids is 1. The van der Waals surface area contributed by atoms with Crippen molar-refractivity contribution in [2.75, 3.05) is 6.54 Å². The van der Waals surface area contributed by atoms with Crippen molar-refractivity contribution in [2.45, 2.75) is 25.3 Å². The molecule has 1 saturated heterocycles. The lowest BCUT2D eigenvalue weighted by atomic mass is 9.95. The lowest BCUT2D eigenvalue weighted by Gasteiger charge is -2.36. The minimum Gasteiger partial charge on any atom is -0.332 e. The average Bonchev–Trinajstić information content (AvgIpc) is 2.55. The Kier molecular flexibility index (Phi) is 4.34. The highest BCUT2D eigenvalue weighted by atomic mass is 79.9. The Morgan fingerprint density at radius 3 is 2.71 bits per heavy atom. The average molecular weight is 345 g/mol. The van der Waals surface area contributed by atoms with E-state index in [-0.39, 0.29) is 11.9 Å². The van der Waals surface area contributed by atoms with E-state index in [0.29, 0.717) is 0 Å². The summed E-state index contributed by atoms with van der Waals surface area (Å²) in [6, 6.07) is 13.6. The Morgan fingerprint density at radius 2 is 1.95 bits per heavy atom. The molecule has 3 rings (SSSR count). The molecule has 2 heterocycles. The van der Waals surface area contributed by atoms with Crippen molar-refractivity contribution >= 4 is 21.8 Å². The van der Waals surface area contributed by atoms with Crippen molar-refractivity contribution in [1.82, 2.24) is 9.88 Å². The first-order chi connectivity index (χ1) is 10.3. The smallest absolute Gasteiger partial charge is 0.254 e. The van der Waals surface area contributed by atoms with Crippen LogP contribution in [-0.2, 0) is 0 Å². The number of pyridine rings is 1. The highest BCUT2D eigenvalue weighted by Gasteiger charge is 2.29. The van der Waals surface area contributed by atoms with Crippen LogP contribution in [0.25, 0.3) is 0 Å². The van der Waals surface area contributed by atoms with Crippen LogP contribution in [0.5, 0.6) is 0 Å². The van der Waals surface area contributed by atoms with Crippen molar-refractivity contribution in [3.63, 3.8) is 0 Å². The number of nitrogens with zero attached hydrogens (tertiary/aromatic N) is 2. The summed E-state index contributed by atoms with van der Waals surface area (Å²) in [6.45, 7) is 0.805. The Balaban J connectivity index is 1.92. The van der Waals surface area contributed by atoms with Crippen LogP contribution in [0.2, 0.25) is 0 Å². The third-order valence-corrected chi connectivity index (χ3v) is 4.59. The van der Waals surface area contributed by atoms with E-state index in [4.69, 9.17) is 0 Å². The van der Waals surface area contributed by atoms with E-state index in [0.717, 1.165) is 41.5 Å². The largest absolute Gasteiger partial charge is 0.332 e. The molecule has 1 atom stereocenters. The molecule has 1 aromatic heterocycles. The number of benzene rings is 1. The maximum Gasteiger partial charge on any atom is 0.254 e. The Hall–Kier alpha value is -1.68. The molecular weight excluding hydrogens is 328 g/mol. The number of amides is 1. The zero-order chi connectivity index (χ0) is 14.7. The second-order valence-corrected chi connectivity index (χ2v) is 6.01. The fraction of sp³-hybridized carbons (Fsp3) is 0.294. The molecule has 3 nitrogen and oxygen atoms in total.